The summed E-state index contributed by atoms with van der Waals surface area (Å²) in [4.78, 5) is 38.0. The van der Waals surface area contributed by atoms with Crippen molar-refractivity contribution >= 4 is 17.7 Å². The van der Waals surface area contributed by atoms with Gasteiger partial charge in [0.25, 0.3) is 0 Å². The summed E-state index contributed by atoms with van der Waals surface area (Å²) in [5.41, 5.74) is 5.85. The molecule has 22 heavy (non-hydrogen) atoms. The average Bonchev–Trinajstić information content (AvgIpc) is 2.75. The first-order valence-electron chi connectivity index (χ1n) is 8.46. The highest BCUT2D eigenvalue weighted by Gasteiger charge is 2.48. The van der Waals surface area contributed by atoms with Crippen LogP contribution in [-0.2, 0) is 14.4 Å². The van der Waals surface area contributed by atoms with Crippen molar-refractivity contribution in [1.82, 2.24) is 10.2 Å². The maximum Gasteiger partial charge on any atom is 0.240 e. The van der Waals surface area contributed by atoms with E-state index >= 15 is 0 Å². The minimum absolute atomic E-state index is 0.118. The summed E-state index contributed by atoms with van der Waals surface area (Å²) in [6.45, 7) is -0.118. The lowest BCUT2D eigenvalue weighted by atomic mass is 9.81. The molecular formula is C16H25N3O3. The normalized spacial score (nSPS) is 35.4. The fourth-order valence-corrected chi connectivity index (χ4v) is 4.07. The molecule has 2 saturated carbocycles. The van der Waals surface area contributed by atoms with Gasteiger partial charge in [-0.2, -0.15) is 0 Å². The van der Waals surface area contributed by atoms with Crippen LogP contribution in [0.1, 0.15) is 51.4 Å². The van der Waals surface area contributed by atoms with E-state index in [9.17, 15) is 14.4 Å². The van der Waals surface area contributed by atoms with E-state index in [2.05, 4.69) is 5.32 Å². The molecule has 6 nitrogen and oxygen atoms in total. The highest BCUT2D eigenvalue weighted by molar-refractivity contribution is 6.07. The Kier molecular flexibility index (Phi) is 4.47. The third-order valence-corrected chi connectivity index (χ3v) is 5.37. The monoisotopic (exact) mass is 307 g/mol. The van der Waals surface area contributed by atoms with Gasteiger partial charge < -0.3 is 11.1 Å². The van der Waals surface area contributed by atoms with E-state index in [1.54, 1.807) is 0 Å². The molecule has 3 amide bonds. The summed E-state index contributed by atoms with van der Waals surface area (Å²) >= 11 is 0. The van der Waals surface area contributed by atoms with Gasteiger partial charge in [0.05, 0.1) is 11.8 Å². The van der Waals surface area contributed by atoms with E-state index in [1.807, 2.05) is 0 Å². The van der Waals surface area contributed by atoms with Crippen LogP contribution in [0, 0.1) is 11.8 Å². The molecule has 0 aromatic rings. The first-order valence-corrected chi connectivity index (χ1v) is 8.46. The van der Waals surface area contributed by atoms with Crippen LogP contribution in [0.3, 0.4) is 0 Å². The molecule has 3 aliphatic rings. The number of imide groups is 1. The molecule has 0 spiro atoms. The molecule has 0 aromatic carbocycles. The Bertz CT molecular complexity index is 447. The Morgan fingerprint density at radius 1 is 1.00 bits per heavy atom. The zero-order valence-corrected chi connectivity index (χ0v) is 12.9. The highest BCUT2D eigenvalue weighted by Crippen LogP contribution is 2.37. The molecule has 3 N–H and O–H groups in total. The SMILES string of the molecule is NC1CCC(NC(=O)CN2C(=O)C3CCCCC3C2=O)CC1. The molecule has 0 aromatic heterocycles. The second-order valence-electron chi connectivity index (χ2n) is 6.94. The zero-order chi connectivity index (χ0) is 15.7. The number of carbonyl (C=O) groups excluding carboxylic acids is 3. The van der Waals surface area contributed by atoms with Crippen LogP contribution < -0.4 is 11.1 Å². The number of likely N-dealkylation sites (tertiary alicyclic amines) is 1. The van der Waals surface area contributed by atoms with Gasteiger partial charge in [-0.1, -0.05) is 12.8 Å². The van der Waals surface area contributed by atoms with Crippen LogP contribution in [0.4, 0.5) is 0 Å². The molecule has 122 valence electrons. The summed E-state index contributed by atoms with van der Waals surface area (Å²) in [6, 6.07) is 0.361. The molecule has 6 heteroatoms. The molecule has 1 heterocycles. The molecule has 1 aliphatic heterocycles. The number of amides is 3. The average molecular weight is 307 g/mol. The van der Waals surface area contributed by atoms with Crippen LogP contribution >= 0.6 is 0 Å². The quantitative estimate of drug-likeness (QED) is 0.745. The van der Waals surface area contributed by atoms with Crippen LogP contribution in [-0.4, -0.2) is 41.2 Å². The Labute approximate surface area is 130 Å². The van der Waals surface area contributed by atoms with Crippen LogP contribution in [0.2, 0.25) is 0 Å². The number of hydrogen-bond acceptors (Lipinski definition) is 4. The summed E-state index contributed by atoms with van der Waals surface area (Å²) < 4.78 is 0. The number of rotatable bonds is 3. The van der Waals surface area contributed by atoms with Gasteiger partial charge in [-0.25, -0.2) is 0 Å². The fourth-order valence-electron chi connectivity index (χ4n) is 4.07. The van der Waals surface area contributed by atoms with Gasteiger partial charge in [0.2, 0.25) is 17.7 Å². The maximum atomic E-state index is 12.3. The lowest BCUT2D eigenvalue weighted by Gasteiger charge is -2.27. The smallest absolute Gasteiger partial charge is 0.240 e. The predicted molar refractivity (Wildman–Crippen MR) is 80.5 cm³/mol. The first-order chi connectivity index (χ1) is 10.6. The van der Waals surface area contributed by atoms with Crippen LogP contribution in [0.5, 0.6) is 0 Å². The molecular weight excluding hydrogens is 282 g/mol. The number of hydrogen-bond donors (Lipinski definition) is 2. The Morgan fingerprint density at radius 3 is 2.09 bits per heavy atom. The molecule has 3 fully saturated rings. The molecule has 3 rings (SSSR count). The van der Waals surface area contributed by atoms with Gasteiger partial charge in [-0.3, -0.25) is 19.3 Å². The topological polar surface area (TPSA) is 92.5 Å². The largest absolute Gasteiger partial charge is 0.352 e. The van der Waals surface area contributed by atoms with Crippen LogP contribution in [0.25, 0.3) is 0 Å². The second kappa shape index (κ2) is 6.36. The summed E-state index contributed by atoms with van der Waals surface area (Å²) in [6.07, 6.45) is 7.15. The first kappa shape index (κ1) is 15.5. The Balaban J connectivity index is 1.55. The fraction of sp³-hybridized carbons (Fsp3) is 0.812. The van der Waals surface area contributed by atoms with Crippen molar-refractivity contribution in [3.05, 3.63) is 0 Å². The van der Waals surface area contributed by atoms with E-state index < -0.39 is 0 Å². The number of nitrogens with zero attached hydrogens (tertiary/aromatic N) is 1. The van der Waals surface area contributed by atoms with E-state index in [0.29, 0.717) is 0 Å². The van der Waals surface area contributed by atoms with Gasteiger partial charge >= 0.3 is 0 Å². The third-order valence-electron chi connectivity index (χ3n) is 5.37. The van der Waals surface area contributed by atoms with Crippen molar-refractivity contribution in [3.8, 4) is 0 Å². The zero-order valence-electron chi connectivity index (χ0n) is 12.9. The Hall–Kier alpha value is -1.43. The third kappa shape index (κ3) is 3.02. The van der Waals surface area contributed by atoms with Crippen molar-refractivity contribution < 1.29 is 14.4 Å². The molecule has 2 unspecified atom stereocenters. The molecule has 2 aliphatic carbocycles. The molecule has 2 atom stereocenters. The van der Waals surface area contributed by atoms with E-state index in [-0.39, 0.29) is 48.2 Å². The van der Waals surface area contributed by atoms with Gasteiger partial charge in [0.1, 0.15) is 6.54 Å². The number of fused-ring (bicyclic) bond motifs is 1. The number of carbonyl (C=O) groups is 3. The lowest BCUT2D eigenvalue weighted by molar-refractivity contribution is -0.143. The summed E-state index contributed by atoms with van der Waals surface area (Å²) in [5.74, 6) is -0.865. The van der Waals surface area contributed by atoms with Gasteiger partial charge in [-0.15, -0.1) is 0 Å². The summed E-state index contributed by atoms with van der Waals surface area (Å²) in [7, 11) is 0. The van der Waals surface area contributed by atoms with Gasteiger partial charge in [-0.05, 0) is 38.5 Å². The molecule has 0 bridgehead atoms. The lowest BCUT2D eigenvalue weighted by Crippen LogP contribution is -2.46. The number of nitrogens with one attached hydrogen (secondary N) is 1. The van der Waals surface area contributed by atoms with Gasteiger partial charge in [0, 0.05) is 12.1 Å². The summed E-state index contributed by atoms with van der Waals surface area (Å²) in [5, 5.41) is 2.95. The Morgan fingerprint density at radius 2 is 1.55 bits per heavy atom. The highest BCUT2D eigenvalue weighted by atomic mass is 16.2. The van der Waals surface area contributed by atoms with Crippen molar-refractivity contribution in [3.63, 3.8) is 0 Å². The standard InChI is InChI=1S/C16H25N3O3/c17-10-5-7-11(8-6-10)18-14(20)9-19-15(21)12-3-1-2-4-13(12)16(19)22/h10-13H,1-9,17H2,(H,18,20). The van der Waals surface area contributed by atoms with Crippen molar-refractivity contribution in [2.24, 2.45) is 17.6 Å². The second-order valence-corrected chi connectivity index (χ2v) is 6.94. The van der Waals surface area contributed by atoms with E-state index in [1.165, 1.54) is 4.90 Å². The number of nitrogens with two attached hydrogens (primary N) is 1. The maximum absolute atomic E-state index is 12.3. The molecule has 1 saturated heterocycles. The van der Waals surface area contributed by atoms with E-state index in [0.717, 1.165) is 51.4 Å². The molecule has 0 radical (unpaired) electrons. The van der Waals surface area contributed by atoms with Crippen molar-refractivity contribution in [1.29, 1.82) is 0 Å². The minimum atomic E-state index is -0.221. The minimum Gasteiger partial charge on any atom is -0.352 e. The predicted octanol–water partition coefficient (Wildman–Crippen LogP) is 0.548. The van der Waals surface area contributed by atoms with Crippen LogP contribution in [0.15, 0.2) is 0 Å². The van der Waals surface area contributed by atoms with E-state index in [4.69, 9.17) is 5.73 Å². The van der Waals surface area contributed by atoms with Crippen molar-refractivity contribution in [2.45, 2.75) is 63.5 Å². The van der Waals surface area contributed by atoms with Gasteiger partial charge in [0.15, 0.2) is 0 Å². The van der Waals surface area contributed by atoms with Crippen molar-refractivity contribution in [2.75, 3.05) is 6.54 Å².